The number of hydrogen-bond acceptors (Lipinski definition) is 5. The molecule has 0 saturated carbocycles. The summed E-state index contributed by atoms with van der Waals surface area (Å²) in [5, 5.41) is 11.8. The lowest BCUT2D eigenvalue weighted by molar-refractivity contribution is -0.308. The van der Waals surface area contributed by atoms with Crippen LogP contribution in [-0.2, 0) is 20.9 Å². The fraction of sp³-hybridized carbons (Fsp3) is 0.375. The second-order valence-corrected chi connectivity index (χ2v) is 4.92. The Hall–Kier alpha value is -2.50. The molecule has 1 amide bonds. The van der Waals surface area contributed by atoms with E-state index in [1.807, 2.05) is 30.3 Å². The number of carbonyl (C=O) groups excluding carboxylic acids is 2. The van der Waals surface area contributed by atoms with Crippen molar-refractivity contribution >= 4 is 12.1 Å². The lowest BCUT2D eigenvalue weighted by Crippen LogP contribution is -2.33. The third-order valence-corrected chi connectivity index (χ3v) is 3.47. The van der Waals surface area contributed by atoms with E-state index in [4.69, 9.17) is 4.74 Å². The molecule has 0 fully saturated rings. The molecule has 0 radical (unpaired) electrons. The molecule has 0 spiro atoms. The predicted octanol–water partition coefficient (Wildman–Crippen LogP) is 1.21. The fourth-order valence-electron chi connectivity index (χ4n) is 2.22. The number of ether oxygens (including phenoxy) is 2. The van der Waals surface area contributed by atoms with E-state index < -0.39 is 12.1 Å². The molecule has 0 N–H and O–H groups in total. The summed E-state index contributed by atoms with van der Waals surface area (Å²) in [7, 11) is 1.24. The Morgan fingerprint density at radius 3 is 2.55 bits per heavy atom. The monoisotopic (exact) mass is 304 g/mol. The third kappa shape index (κ3) is 4.00. The van der Waals surface area contributed by atoms with Crippen molar-refractivity contribution in [2.75, 3.05) is 20.2 Å². The highest BCUT2D eigenvalue weighted by molar-refractivity contribution is 5.89. The van der Waals surface area contributed by atoms with Crippen LogP contribution in [0.3, 0.4) is 0 Å². The van der Waals surface area contributed by atoms with E-state index >= 15 is 0 Å². The van der Waals surface area contributed by atoms with E-state index in [0.717, 1.165) is 5.56 Å². The summed E-state index contributed by atoms with van der Waals surface area (Å²) in [6.07, 6.45) is -0.195. The van der Waals surface area contributed by atoms with Gasteiger partial charge in [0, 0.05) is 18.7 Å². The summed E-state index contributed by atoms with van der Waals surface area (Å²) >= 11 is 0. The molecule has 1 aliphatic rings. The summed E-state index contributed by atoms with van der Waals surface area (Å²) in [5.41, 5.74) is 1.00. The maximum absolute atomic E-state index is 12.0. The Bertz CT molecular complexity index is 567. The van der Waals surface area contributed by atoms with Crippen LogP contribution in [-0.4, -0.2) is 37.2 Å². The lowest BCUT2D eigenvalue weighted by Gasteiger charge is -2.20. The molecule has 1 aliphatic heterocycles. The molecular weight excluding hydrogens is 286 g/mol. The van der Waals surface area contributed by atoms with Gasteiger partial charge in [-0.2, -0.15) is 0 Å². The lowest BCUT2D eigenvalue weighted by atomic mass is 10.1. The standard InChI is InChI=1S/C16H19NO5/c1-21-15(19)13-7-9-17(10-8-14(13)18)16(20)22-11-12-5-3-2-4-6-12/h2-6,18H,7-11H2,1H3/p-1. The van der Waals surface area contributed by atoms with Gasteiger partial charge in [0.25, 0.3) is 0 Å². The number of methoxy groups -OCH3 is 1. The minimum atomic E-state index is -0.621. The van der Waals surface area contributed by atoms with Gasteiger partial charge in [-0.05, 0) is 18.4 Å². The SMILES string of the molecule is COC(=O)C1=C([O-])CCN(C(=O)OCc2ccccc2)CC1. The second-order valence-electron chi connectivity index (χ2n) is 4.92. The van der Waals surface area contributed by atoms with Crippen LogP contribution in [0.5, 0.6) is 0 Å². The summed E-state index contributed by atoms with van der Waals surface area (Å²) in [5.74, 6) is -0.894. The molecule has 6 nitrogen and oxygen atoms in total. The zero-order valence-electron chi connectivity index (χ0n) is 12.4. The highest BCUT2D eigenvalue weighted by atomic mass is 16.6. The topological polar surface area (TPSA) is 78.9 Å². The normalized spacial score (nSPS) is 15.2. The number of benzene rings is 1. The molecule has 22 heavy (non-hydrogen) atoms. The summed E-state index contributed by atoms with van der Waals surface area (Å²) in [6.45, 7) is 0.689. The largest absolute Gasteiger partial charge is 0.875 e. The highest BCUT2D eigenvalue weighted by Crippen LogP contribution is 2.17. The molecule has 1 aromatic carbocycles. The first-order valence-corrected chi connectivity index (χ1v) is 7.04. The average molecular weight is 304 g/mol. The Labute approximate surface area is 128 Å². The van der Waals surface area contributed by atoms with E-state index in [1.165, 1.54) is 12.0 Å². The van der Waals surface area contributed by atoms with Gasteiger partial charge in [-0.3, -0.25) is 0 Å². The van der Waals surface area contributed by atoms with Crippen molar-refractivity contribution in [3.8, 4) is 0 Å². The fourth-order valence-corrected chi connectivity index (χ4v) is 2.22. The Balaban J connectivity index is 1.89. The molecule has 1 aromatic rings. The van der Waals surface area contributed by atoms with Crippen molar-refractivity contribution in [1.29, 1.82) is 0 Å². The zero-order valence-corrected chi connectivity index (χ0v) is 12.4. The molecule has 0 saturated heterocycles. The van der Waals surface area contributed by atoms with Gasteiger partial charge in [-0.15, -0.1) is 5.76 Å². The minimum absolute atomic E-state index is 0.102. The van der Waals surface area contributed by atoms with Crippen LogP contribution >= 0.6 is 0 Å². The van der Waals surface area contributed by atoms with Crippen LogP contribution in [0.25, 0.3) is 0 Å². The van der Waals surface area contributed by atoms with Gasteiger partial charge in [0.05, 0.1) is 7.11 Å². The number of nitrogens with zero attached hydrogens (tertiary/aromatic N) is 1. The van der Waals surface area contributed by atoms with Crippen LogP contribution in [0, 0.1) is 0 Å². The molecule has 0 aliphatic carbocycles. The molecule has 0 bridgehead atoms. The Morgan fingerprint density at radius 2 is 1.86 bits per heavy atom. The number of esters is 1. The first-order valence-electron chi connectivity index (χ1n) is 7.04. The maximum atomic E-state index is 12.0. The van der Waals surface area contributed by atoms with Crippen molar-refractivity contribution in [2.45, 2.75) is 19.4 Å². The predicted molar refractivity (Wildman–Crippen MR) is 76.5 cm³/mol. The molecule has 0 atom stereocenters. The van der Waals surface area contributed by atoms with E-state index in [-0.39, 0.29) is 43.9 Å². The van der Waals surface area contributed by atoms with Crippen molar-refractivity contribution in [1.82, 2.24) is 4.90 Å². The summed E-state index contributed by atoms with van der Waals surface area (Å²) < 4.78 is 9.82. The molecule has 1 heterocycles. The molecular formula is C16H18NO5-. The van der Waals surface area contributed by atoms with E-state index in [1.54, 1.807) is 0 Å². The molecule has 2 rings (SSSR count). The van der Waals surface area contributed by atoms with Gasteiger partial charge in [0.2, 0.25) is 0 Å². The summed E-state index contributed by atoms with van der Waals surface area (Å²) in [6, 6.07) is 9.34. The Morgan fingerprint density at radius 1 is 1.18 bits per heavy atom. The first-order chi connectivity index (χ1) is 10.6. The van der Waals surface area contributed by atoms with Crippen molar-refractivity contribution in [3.05, 3.63) is 47.2 Å². The van der Waals surface area contributed by atoms with Crippen LogP contribution in [0.15, 0.2) is 41.7 Å². The van der Waals surface area contributed by atoms with Crippen molar-refractivity contribution < 1.29 is 24.2 Å². The highest BCUT2D eigenvalue weighted by Gasteiger charge is 2.21. The van der Waals surface area contributed by atoms with Gasteiger partial charge >= 0.3 is 12.1 Å². The second kappa shape index (κ2) is 7.49. The molecule has 0 aromatic heterocycles. The van der Waals surface area contributed by atoms with Crippen molar-refractivity contribution in [2.24, 2.45) is 0 Å². The zero-order chi connectivity index (χ0) is 15.9. The smallest absolute Gasteiger partial charge is 0.410 e. The van der Waals surface area contributed by atoms with Gasteiger partial charge in [-0.25, -0.2) is 9.59 Å². The number of carbonyl (C=O) groups is 2. The first kappa shape index (κ1) is 15.9. The molecule has 6 heteroatoms. The van der Waals surface area contributed by atoms with E-state index in [0.29, 0.717) is 0 Å². The Kier molecular flexibility index (Phi) is 5.41. The summed E-state index contributed by atoms with van der Waals surface area (Å²) in [4.78, 5) is 25.0. The van der Waals surface area contributed by atoms with Gasteiger partial charge in [0.15, 0.2) is 0 Å². The van der Waals surface area contributed by atoms with Crippen LogP contribution < -0.4 is 5.11 Å². The number of rotatable bonds is 3. The van der Waals surface area contributed by atoms with Gasteiger partial charge in [-0.1, -0.05) is 30.3 Å². The van der Waals surface area contributed by atoms with Crippen LogP contribution in [0.1, 0.15) is 18.4 Å². The minimum Gasteiger partial charge on any atom is -0.875 e. The van der Waals surface area contributed by atoms with Crippen LogP contribution in [0.4, 0.5) is 4.79 Å². The van der Waals surface area contributed by atoms with Crippen molar-refractivity contribution in [3.63, 3.8) is 0 Å². The average Bonchev–Trinajstić information content (AvgIpc) is 2.75. The van der Waals surface area contributed by atoms with Gasteiger partial charge in [0.1, 0.15) is 6.61 Å². The maximum Gasteiger partial charge on any atom is 0.410 e. The quantitative estimate of drug-likeness (QED) is 0.784. The van der Waals surface area contributed by atoms with Crippen LogP contribution in [0.2, 0.25) is 0 Å². The number of amides is 1. The molecule has 0 unspecified atom stereocenters. The van der Waals surface area contributed by atoms with Gasteiger partial charge < -0.3 is 19.5 Å². The van der Waals surface area contributed by atoms with E-state index in [2.05, 4.69) is 4.74 Å². The molecule has 118 valence electrons. The van der Waals surface area contributed by atoms with E-state index in [9.17, 15) is 14.7 Å². The third-order valence-electron chi connectivity index (χ3n) is 3.47. The number of hydrogen-bond donors (Lipinski definition) is 0.